The average Bonchev–Trinajstić information content (AvgIpc) is 2.27. The number of nitrogens with zero attached hydrogens (tertiary/aromatic N) is 1. The summed E-state index contributed by atoms with van der Waals surface area (Å²) in [6, 6.07) is 2.28. The predicted molar refractivity (Wildman–Crippen MR) is 65.9 cm³/mol. The van der Waals surface area contributed by atoms with E-state index >= 15 is 0 Å². The number of hydrogen-bond acceptors (Lipinski definition) is 4. The second-order valence-corrected chi connectivity index (χ2v) is 5.56. The van der Waals surface area contributed by atoms with Crippen LogP contribution in [0, 0.1) is 11.3 Å². The molecule has 0 aliphatic carbocycles. The summed E-state index contributed by atoms with van der Waals surface area (Å²) in [6.45, 7) is 4.20. The number of aliphatic hydroxyl groups is 1. The number of thioether (sulfide) groups is 1. The first-order valence-corrected chi connectivity index (χ1v) is 6.45. The van der Waals surface area contributed by atoms with Gasteiger partial charge in [0, 0.05) is 5.25 Å². The maximum absolute atomic E-state index is 8.92. The van der Waals surface area contributed by atoms with E-state index in [2.05, 4.69) is 11.4 Å². The molecule has 0 bridgehead atoms. The molecule has 3 nitrogen and oxygen atoms in total. The molecule has 0 rings (SSSR count). The standard InChI is InChI=1S/C11H22N2OS/c1-10(8-14)15-7-5-4-6-11(2,9-12)13-3/h10,13-14H,4-8H2,1-3H3. The van der Waals surface area contributed by atoms with Crippen molar-refractivity contribution in [1.82, 2.24) is 5.32 Å². The number of nitrogens with one attached hydrogen (secondary N) is 1. The van der Waals surface area contributed by atoms with Gasteiger partial charge in [-0.1, -0.05) is 6.92 Å². The summed E-state index contributed by atoms with van der Waals surface area (Å²) in [5.41, 5.74) is -0.382. The van der Waals surface area contributed by atoms with Crippen LogP contribution in [0.15, 0.2) is 0 Å². The van der Waals surface area contributed by atoms with Gasteiger partial charge in [0.1, 0.15) is 5.54 Å². The summed E-state index contributed by atoms with van der Waals surface area (Å²) in [6.07, 6.45) is 3.04. The molecule has 2 unspecified atom stereocenters. The van der Waals surface area contributed by atoms with Crippen molar-refractivity contribution in [2.45, 2.75) is 43.9 Å². The quantitative estimate of drug-likeness (QED) is 0.624. The van der Waals surface area contributed by atoms with Gasteiger partial charge in [-0.2, -0.15) is 17.0 Å². The minimum atomic E-state index is -0.382. The zero-order valence-electron chi connectivity index (χ0n) is 9.92. The first-order valence-electron chi connectivity index (χ1n) is 5.40. The van der Waals surface area contributed by atoms with Crippen molar-refractivity contribution in [1.29, 1.82) is 5.26 Å². The van der Waals surface area contributed by atoms with Gasteiger partial charge in [0.15, 0.2) is 0 Å². The van der Waals surface area contributed by atoms with E-state index in [-0.39, 0.29) is 12.1 Å². The van der Waals surface area contributed by atoms with Crippen LogP contribution in [0.3, 0.4) is 0 Å². The number of rotatable bonds is 8. The third kappa shape index (κ3) is 6.77. The van der Waals surface area contributed by atoms with E-state index in [1.54, 1.807) is 11.8 Å². The van der Waals surface area contributed by atoms with Crippen LogP contribution in [0.4, 0.5) is 0 Å². The zero-order chi connectivity index (χ0) is 11.7. The van der Waals surface area contributed by atoms with Gasteiger partial charge in [0.25, 0.3) is 0 Å². The van der Waals surface area contributed by atoms with Gasteiger partial charge in [-0.25, -0.2) is 0 Å². The Bertz CT molecular complexity index is 205. The summed E-state index contributed by atoms with van der Waals surface area (Å²) in [5.74, 6) is 1.06. The minimum absolute atomic E-state index is 0.247. The fourth-order valence-electron chi connectivity index (χ4n) is 1.15. The second-order valence-electron chi connectivity index (χ2n) is 4.01. The molecule has 2 N–H and O–H groups in total. The minimum Gasteiger partial charge on any atom is -0.395 e. The van der Waals surface area contributed by atoms with Gasteiger partial charge in [-0.15, -0.1) is 0 Å². The summed E-state index contributed by atoms with van der Waals surface area (Å²) in [5, 5.41) is 21.1. The van der Waals surface area contributed by atoms with Crippen LogP contribution in [0.2, 0.25) is 0 Å². The molecular formula is C11H22N2OS. The van der Waals surface area contributed by atoms with Crippen molar-refractivity contribution in [3.8, 4) is 6.07 Å². The lowest BCUT2D eigenvalue weighted by molar-refractivity contribution is 0.300. The normalized spacial score (nSPS) is 16.7. The molecule has 0 saturated carbocycles. The number of hydrogen-bond donors (Lipinski definition) is 2. The van der Waals surface area contributed by atoms with Gasteiger partial charge in [0.2, 0.25) is 0 Å². The fourth-order valence-corrected chi connectivity index (χ4v) is 2.03. The van der Waals surface area contributed by atoms with E-state index in [9.17, 15) is 0 Å². The van der Waals surface area contributed by atoms with E-state index in [0.29, 0.717) is 5.25 Å². The van der Waals surface area contributed by atoms with Gasteiger partial charge in [-0.3, -0.25) is 0 Å². The topological polar surface area (TPSA) is 56.0 Å². The van der Waals surface area contributed by atoms with Crippen molar-refractivity contribution >= 4 is 11.8 Å². The van der Waals surface area contributed by atoms with Crippen LogP contribution < -0.4 is 5.32 Å². The van der Waals surface area contributed by atoms with E-state index < -0.39 is 0 Å². The highest BCUT2D eigenvalue weighted by Gasteiger charge is 2.19. The molecule has 0 spiro atoms. The Kier molecular flexibility index (Phi) is 7.85. The van der Waals surface area contributed by atoms with Crippen LogP contribution in [0.25, 0.3) is 0 Å². The molecule has 0 aromatic heterocycles. The van der Waals surface area contributed by atoms with E-state index in [1.165, 1.54) is 0 Å². The predicted octanol–water partition coefficient (Wildman–Crippen LogP) is 1.77. The third-order valence-corrected chi connectivity index (χ3v) is 3.77. The van der Waals surface area contributed by atoms with Crippen molar-refractivity contribution in [3.63, 3.8) is 0 Å². The van der Waals surface area contributed by atoms with Crippen LogP contribution in [-0.4, -0.2) is 35.3 Å². The Labute approximate surface area is 97.2 Å². The highest BCUT2D eigenvalue weighted by molar-refractivity contribution is 7.99. The number of aliphatic hydroxyl groups excluding tert-OH is 1. The summed E-state index contributed by atoms with van der Waals surface area (Å²) >= 11 is 1.79. The van der Waals surface area contributed by atoms with E-state index in [0.717, 1.165) is 25.0 Å². The molecule has 0 aromatic rings. The Morgan fingerprint density at radius 2 is 2.20 bits per heavy atom. The largest absolute Gasteiger partial charge is 0.395 e. The highest BCUT2D eigenvalue weighted by atomic mass is 32.2. The van der Waals surface area contributed by atoms with Crippen LogP contribution in [-0.2, 0) is 0 Å². The molecule has 0 heterocycles. The molecule has 88 valence electrons. The van der Waals surface area contributed by atoms with Gasteiger partial charge in [-0.05, 0) is 39.0 Å². The number of unbranched alkanes of at least 4 members (excludes halogenated alkanes) is 1. The molecular weight excluding hydrogens is 208 g/mol. The van der Waals surface area contributed by atoms with Gasteiger partial charge in [0.05, 0.1) is 12.7 Å². The van der Waals surface area contributed by atoms with Crippen molar-refractivity contribution < 1.29 is 5.11 Å². The molecule has 4 heteroatoms. The zero-order valence-corrected chi connectivity index (χ0v) is 10.7. The first-order chi connectivity index (χ1) is 7.08. The Balaban J connectivity index is 3.51. The van der Waals surface area contributed by atoms with Crippen molar-refractivity contribution in [2.75, 3.05) is 19.4 Å². The van der Waals surface area contributed by atoms with E-state index in [4.69, 9.17) is 10.4 Å². The van der Waals surface area contributed by atoms with Crippen molar-refractivity contribution in [2.24, 2.45) is 0 Å². The molecule has 2 atom stereocenters. The summed E-state index contributed by atoms with van der Waals surface area (Å²) in [4.78, 5) is 0. The Hall–Kier alpha value is -0.240. The van der Waals surface area contributed by atoms with E-state index in [1.807, 2.05) is 20.9 Å². The smallest absolute Gasteiger partial charge is 0.103 e. The molecule has 15 heavy (non-hydrogen) atoms. The van der Waals surface area contributed by atoms with Crippen LogP contribution in [0.5, 0.6) is 0 Å². The van der Waals surface area contributed by atoms with Crippen molar-refractivity contribution in [3.05, 3.63) is 0 Å². The average molecular weight is 230 g/mol. The molecule has 0 radical (unpaired) electrons. The highest BCUT2D eigenvalue weighted by Crippen LogP contribution is 2.16. The maximum Gasteiger partial charge on any atom is 0.103 e. The lowest BCUT2D eigenvalue weighted by Crippen LogP contribution is -2.37. The summed E-state index contributed by atoms with van der Waals surface area (Å²) in [7, 11) is 1.83. The molecule has 0 aliphatic rings. The van der Waals surface area contributed by atoms with Gasteiger partial charge >= 0.3 is 0 Å². The first kappa shape index (κ1) is 14.8. The lowest BCUT2D eigenvalue weighted by Gasteiger charge is -2.20. The molecule has 0 aliphatic heterocycles. The Morgan fingerprint density at radius 3 is 2.67 bits per heavy atom. The molecule has 0 fully saturated rings. The fraction of sp³-hybridized carbons (Fsp3) is 0.909. The molecule has 0 aromatic carbocycles. The molecule has 0 amide bonds. The van der Waals surface area contributed by atoms with Gasteiger partial charge < -0.3 is 10.4 Å². The number of nitriles is 1. The SMILES string of the molecule is CNC(C)(C#N)CCCCSC(C)CO. The molecule has 0 saturated heterocycles. The second kappa shape index (κ2) is 7.98. The Morgan fingerprint density at radius 1 is 1.53 bits per heavy atom. The summed E-state index contributed by atoms with van der Waals surface area (Å²) < 4.78 is 0. The lowest BCUT2D eigenvalue weighted by atomic mass is 9.97. The monoisotopic (exact) mass is 230 g/mol. The third-order valence-electron chi connectivity index (χ3n) is 2.53. The maximum atomic E-state index is 8.92. The van der Waals surface area contributed by atoms with Crippen LogP contribution in [0.1, 0.15) is 33.1 Å². The van der Waals surface area contributed by atoms with Crippen LogP contribution >= 0.6 is 11.8 Å².